The van der Waals surface area contributed by atoms with Gasteiger partial charge in [0.05, 0.1) is 5.41 Å². The molecule has 2 heterocycles. The lowest BCUT2D eigenvalue weighted by Crippen LogP contribution is -2.28. The molecule has 0 fully saturated rings. The van der Waals surface area contributed by atoms with Gasteiger partial charge in [-0.3, -0.25) is 0 Å². The number of allylic oxidation sites excluding steroid dienone is 7. The standard InChI is InChI=1S/C82H117N2O/c1-9-11-13-15-17-19-21-23-25-27-29-31-33-35-37-43-60-83-74-56-52-67-46-39-41-50-72(67)78(74)81(5,6)76(83)58-54-69-48-45-49-70(80(69)85-71-63-65(3)62-66(4)64-71)55-59-77-82(7,8)79-73-51-42-40-47-68(73)53-57-75(79)84(77)61-44-38-36-34-32-30-28-26-24-22-20-18-16-14-12-10-2/h39-42,46-47,50-59,62-64H,9-38,43-45,48-49,60-61H2,1-8H3/q+1. The Morgan fingerprint density at radius 3 is 1.47 bits per heavy atom. The van der Waals surface area contributed by atoms with E-state index in [0.717, 1.165) is 43.9 Å². The molecule has 85 heavy (non-hydrogen) atoms. The van der Waals surface area contributed by atoms with Crippen molar-refractivity contribution in [3.63, 3.8) is 0 Å². The van der Waals surface area contributed by atoms with Crippen LogP contribution in [0.1, 0.15) is 289 Å². The topological polar surface area (TPSA) is 15.5 Å². The lowest BCUT2D eigenvalue weighted by atomic mass is 9.78. The van der Waals surface area contributed by atoms with Crippen LogP contribution in [0.3, 0.4) is 0 Å². The van der Waals surface area contributed by atoms with Gasteiger partial charge in [0.2, 0.25) is 5.69 Å². The highest BCUT2D eigenvalue weighted by Crippen LogP contribution is 2.51. The smallest absolute Gasteiger partial charge is 0.210 e. The first-order valence-electron chi connectivity index (χ1n) is 35.6. The molecule has 0 spiro atoms. The van der Waals surface area contributed by atoms with Crippen LogP contribution < -0.4 is 9.64 Å². The molecule has 2 aliphatic heterocycles. The molecule has 0 aromatic heterocycles. The first-order chi connectivity index (χ1) is 41.5. The predicted octanol–water partition coefficient (Wildman–Crippen LogP) is 25.2. The highest BCUT2D eigenvalue weighted by Gasteiger charge is 2.46. The lowest BCUT2D eigenvalue weighted by Gasteiger charge is -2.28. The van der Waals surface area contributed by atoms with Gasteiger partial charge in [0.25, 0.3) is 0 Å². The summed E-state index contributed by atoms with van der Waals surface area (Å²) in [5.74, 6) is 1.97. The van der Waals surface area contributed by atoms with Crippen molar-refractivity contribution in [1.29, 1.82) is 0 Å². The largest absolute Gasteiger partial charge is 0.457 e. The Bertz CT molecular complexity index is 3000. The molecule has 0 saturated heterocycles. The Balaban J connectivity index is 0.996. The van der Waals surface area contributed by atoms with Crippen molar-refractivity contribution in [1.82, 2.24) is 0 Å². The van der Waals surface area contributed by atoms with E-state index in [9.17, 15) is 0 Å². The lowest BCUT2D eigenvalue weighted by molar-refractivity contribution is -0.438. The maximum atomic E-state index is 7.29. The SMILES string of the molecule is CCCCCCCCCCCCCCCCCCN1/C(=C/C=C2\CCCC(/C=C/C3=[N+](CCCCCCCCCCCCCCCCCC)c4ccc5ccccc5c4C3(C)C)=C2Oc2cc(C)cc(C)c2)C(C)(C)c2c1ccc1ccccc21. The van der Waals surface area contributed by atoms with Gasteiger partial charge in [-0.05, 0) is 146 Å². The highest BCUT2D eigenvalue weighted by atomic mass is 16.5. The number of hydrogen-bond acceptors (Lipinski definition) is 2. The highest BCUT2D eigenvalue weighted by molar-refractivity contribution is 6.08. The third kappa shape index (κ3) is 18.5. The van der Waals surface area contributed by atoms with E-state index in [1.807, 2.05) is 0 Å². The first kappa shape index (κ1) is 65.8. The van der Waals surface area contributed by atoms with E-state index in [-0.39, 0.29) is 10.8 Å². The summed E-state index contributed by atoms with van der Waals surface area (Å²) in [5, 5.41) is 5.42. The summed E-state index contributed by atoms with van der Waals surface area (Å²) in [7, 11) is 0. The van der Waals surface area contributed by atoms with E-state index in [4.69, 9.17) is 4.74 Å². The van der Waals surface area contributed by atoms with Gasteiger partial charge in [-0.15, -0.1) is 0 Å². The van der Waals surface area contributed by atoms with Crippen LogP contribution in [-0.2, 0) is 10.8 Å². The number of benzene rings is 5. The van der Waals surface area contributed by atoms with Crippen molar-refractivity contribution in [2.24, 2.45) is 0 Å². The molecule has 5 aromatic carbocycles. The second-order valence-electron chi connectivity index (χ2n) is 27.6. The van der Waals surface area contributed by atoms with Gasteiger partial charge in [-0.2, -0.15) is 4.58 Å². The summed E-state index contributed by atoms with van der Waals surface area (Å²) >= 11 is 0. The maximum absolute atomic E-state index is 7.29. The maximum Gasteiger partial charge on any atom is 0.210 e. The Labute approximate surface area is 520 Å². The van der Waals surface area contributed by atoms with Gasteiger partial charge in [0, 0.05) is 47.5 Å². The third-order valence-corrected chi connectivity index (χ3v) is 19.8. The van der Waals surface area contributed by atoms with Crippen LogP contribution >= 0.6 is 0 Å². The number of nitrogens with zero attached hydrogens (tertiary/aromatic N) is 2. The summed E-state index contributed by atoms with van der Waals surface area (Å²) in [6.07, 6.45) is 57.4. The average molecular weight is 1150 g/mol. The molecule has 0 saturated carbocycles. The van der Waals surface area contributed by atoms with Crippen LogP contribution in [0.2, 0.25) is 0 Å². The summed E-state index contributed by atoms with van der Waals surface area (Å²) in [5.41, 5.74) is 13.2. The second kappa shape index (κ2) is 34.4. The average Bonchev–Trinajstić information content (AvgIpc) is 1.90. The molecule has 0 N–H and O–H groups in total. The fourth-order valence-corrected chi connectivity index (χ4v) is 15.0. The molecule has 0 atom stereocenters. The summed E-state index contributed by atoms with van der Waals surface area (Å²) in [6, 6.07) is 34.4. The Hall–Kier alpha value is -5.15. The van der Waals surface area contributed by atoms with Crippen LogP contribution in [-0.4, -0.2) is 23.4 Å². The monoisotopic (exact) mass is 1150 g/mol. The van der Waals surface area contributed by atoms with Crippen LogP contribution in [0, 0.1) is 13.8 Å². The molecule has 3 heteroatoms. The molecule has 3 aliphatic rings. The van der Waals surface area contributed by atoms with E-state index >= 15 is 0 Å². The molecule has 1 aliphatic carbocycles. The summed E-state index contributed by atoms with van der Waals surface area (Å²) < 4.78 is 9.99. The molecular formula is C82H117N2O+. The molecule has 0 radical (unpaired) electrons. The zero-order valence-electron chi connectivity index (χ0n) is 55.4. The van der Waals surface area contributed by atoms with Crippen LogP contribution in [0.5, 0.6) is 5.75 Å². The van der Waals surface area contributed by atoms with Crippen molar-refractivity contribution in [2.75, 3.05) is 18.0 Å². The fourth-order valence-electron chi connectivity index (χ4n) is 15.0. The molecule has 8 rings (SSSR count). The van der Waals surface area contributed by atoms with Gasteiger partial charge in [-0.25, -0.2) is 0 Å². The molecule has 5 aromatic rings. The minimum atomic E-state index is -0.169. The molecule has 0 bridgehead atoms. The van der Waals surface area contributed by atoms with E-state index in [0.29, 0.717) is 0 Å². The van der Waals surface area contributed by atoms with Crippen molar-refractivity contribution in [3.05, 3.63) is 160 Å². The molecule has 0 amide bonds. The zero-order chi connectivity index (χ0) is 59.7. The third-order valence-electron chi connectivity index (χ3n) is 19.8. The zero-order valence-corrected chi connectivity index (χ0v) is 55.4. The van der Waals surface area contributed by atoms with Gasteiger partial charge < -0.3 is 9.64 Å². The summed E-state index contributed by atoms with van der Waals surface area (Å²) in [6.45, 7) is 21.0. The quantitative estimate of drug-likeness (QED) is 0.0288. The minimum Gasteiger partial charge on any atom is -0.457 e. The number of ether oxygens (including phenoxy) is 1. The Kier molecular flexibility index (Phi) is 26.6. The number of aryl methyl sites for hydroxylation is 2. The molecule has 0 unspecified atom stereocenters. The fraction of sp³-hybridized carbons (Fsp3) is 0.573. The number of hydrogen-bond donors (Lipinski definition) is 0. The van der Waals surface area contributed by atoms with Crippen LogP contribution in [0.4, 0.5) is 11.4 Å². The van der Waals surface area contributed by atoms with Crippen LogP contribution in [0.25, 0.3) is 21.5 Å². The number of anilines is 1. The van der Waals surface area contributed by atoms with Crippen molar-refractivity contribution >= 4 is 38.6 Å². The van der Waals surface area contributed by atoms with Crippen molar-refractivity contribution in [2.45, 2.75) is 291 Å². The normalized spacial score (nSPS) is 16.6. The summed E-state index contributed by atoms with van der Waals surface area (Å²) in [4.78, 5) is 2.70. The second-order valence-corrected chi connectivity index (χ2v) is 27.6. The van der Waals surface area contributed by atoms with Crippen LogP contribution in [0.15, 0.2) is 138 Å². The van der Waals surface area contributed by atoms with E-state index in [1.165, 1.54) is 283 Å². The Morgan fingerprint density at radius 2 is 0.941 bits per heavy atom. The minimum absolute atomic E-state index is 0.169. The van der Waals surface area contributed by atoms with E-state index in [2.05, 4.69) is 180 Å². The van der Waals surface area contributed by atoms with Gasteiger partial charge in [0.1, 0.15) is 18.1 Å². The molecular weight excluding hydrogens is 1030 g/mol. The first-order valence-corrected chi connectivity index (χ1v) is 35.6. The number of rotatable bonds is 39. The number of fused-ring (bicyclic) bond motifs is 6. The number of unbranched alkanes of at least 4 members (excludes halogenated alkanes) is 30. The van der Waals surface area contributed by atoms with Crippen molar-refractivity contribution in [3.8, 4) is 5.75 Å². The van der Waals surface area contributed by atoms with Crippen molar-refractivity contribution < 1.29 is 9.31 Å². The van der Waals surface area contributed by atoms with Gasteiger partial charge in [-0.1, -0.05) is 281 Å². The van der Waals surface area contributed by atoms with Gasteiger partial charge in [0.15, 0.2) is 5.71 Å². The molecule has 460 valence electrons. The van der Waals surface area contributed by atoms with E-state index < -0.39 is 0 Å². The predicted molar refractivity (Wildman–Crippen MR) is 373 cm³/mol. The van der Waals surface area contributed by atoms with Gasteiger partial charge >= 0.3 is 0 Å². The Morgan fingerprint density at radius 1 is 0.471 bits per heavy atom. The van der Waals surface area contributed by atoms with E-state index in [1.54, 1.807) is 0 Å². The molecule has 3 nitrogen and oxygen atoms in total.